The van der Waals surface area contributed by atoms with Gasteiger partial charge in [0.15, 0.2) is 5.13 Å². The highest BCUT2D eigenvalue weighted by molar-refractivity contribution is 7.15. The summed E-state index contributed by atoms with van der Waals surface area (Å²) in [4.78, 5) is 13.7. The van der Waals surface area contributed by atoms with E-state index in [1.165, 1.54) is 6.26 Å². The molecule has 10 heteroatoms. The molecule has 0 aliphatic carbocycles. The van der Waals surface area contributed by atoms with Crippen molar-refractivity contribution in [3.63, 3.8) is 0 Å². The summed E-state index contributed by atoms with van der Waals surface area (Å²) in [5.74, 6) is -5.01. The van der Waals surface area contributed by atoms with Crippen molar-refractivity contribution in [2.45, 2.75) is 24.9 Å². The minimum absolute atomic E-state index is 0.0158. The highest BCUT2D eigenvalue weighted by atomic mass is 32.1. The molecule has 4 nitrogen and oxygen atoms in total. The molecule has 0 fully saturated rings. The van der Waals surface area contributed by atoms with Gasteiger partial charge in [0.05, 0.1) is 6.26 Å². The summed E-state index contributed by atoms with van der Waals surface area (Å²) in [7, 11) is 0. The van der Waals surface area contributed by atoms with Crippen LogP contribution < -0.4 is 5.32 Å². The molecule has 0 spiro atoms. The first-order valence-electron chi connectivity index (χ1n) is 5.93. The second kappa shape index (κ2) is 6.03. The van der Waals surface area contributed by atoms with Crippen molar-refractivity contribution in [1.29, 1.82) is 0 Å². The lowest BCUT2D eigenvalue weighted by Crippen LogP contribution is -2.32. The molecule has 2 aromatic rings. The Kier molecular flexibility index (Phi) is 4.50. The summed E-state index contributed by atoms with van der Waals surface area (Å²) in [5, 5.41) is 1.86. The van der Waals surface area contributed by atoms with Crippen LogP contribution in [0.1, 0.15) is 17.1 Å². The van der Waals surface area contributed by atoms with Gasteiger partial charge in [0.2, 0.25) is 5.91 Å². The van der Waals surface area contributed by atoms with Gasteiger partial charge in [-0.3, -0.25) is 4.79 Å². The fourth-order valence-electron chi connectivity index (χ4n) is 1.49. The van der Waals surface area contributed by atoms with E-state index in [0.717, 1.165) is 0 Å². The van der Waals surface area contributed by atoms with Gasteiger partial charge < -0.3 is 9.73 Å². The van der Waals surface area contributed by atoms with Crippen molar-refractivity contribution >= 4 is 22.4 Å². The number of aromatic nitrogens is 1. The molecule has 120 valence electrons. The fraction of sp³-hybridized carbons (Fsp3) is 0.333. The van der Waals surface area contributed by atoms with Crippen LogP contribution in [0.2, 0.25) is 0 Å². The number of nitrogens with one attached hydrogen (secondary N) is 1. The van der Waals surface area contributed by atoms with E-state index in [1.54, 1.807) is 12.1 Å². The number of furan rings is 1. The lowest BCUT2D eigenvalue weighted by Gasteiger charge is -2.16. The number of thiazole rings is 1. The number of carbonyl (C=O) groups is 1. The molecular weight excluding hydrogens is 331 g/mol. The number of hydrogen-bond donors (Lipinski definition) is 1. The lowest BCUT2D eigenvalue weighted by atomic mass is 10.2. The van der Waals surface area contributed by atoms with Crippen LogP contribution >= 0.6 is 11.3 Å². The van der Waals surface area contributed by atoms with Crippen molar-refractivity contribution in [3.8, 4) is 0 Å². The second-order valence-electron chi connectivity index (χ2n) is 4.23. The van der Waals surface area contributed by atoms with Gasteiger partial charge in [-0.2, -0.15) is 22.0 Å². The van der Waals surface area contributed by atoms with Crippen LogP contribution in [0, 0.1) is 0 Å². The Balaban J connectivity index is 1.96. The Morgan fingerprint density at radius 3 is 2.64 bits per heavy atom. The molecule has 0 aromatic carbocycles. The predicted octanol–water partition coefficient (Wildman–Crippen LogP) is 3.96. The first-order valence-corrected chi connectivity index (χ1v) is 6.75. The van der Waals surface area contributed by atoms with Crippen LogP contribution in [0.15, 0.2) is 29.0 Å². The monoisotopic (exact) mass is 340 g/mol. The van der Waals surface area contributed by atoms with Crippen LogP contribution in [0.3, 0.4) is 0 Å². The van der Waals surface area contributed by atoms with Crippen LogP contribution in [0.5, 0.6) is 0 Å². The number of nitrogens with zero attached hydrogens (tertiary/aromatic N) is 1. The van der Waals surface area contributed by atoms with Crippen molar-refractivity contribution in [2.75, 3.05) is 5.32 Å². The Morgan fingerprint density at radius 2 is 2.05 bits per heavy atom. The largest absolute Gasteiger partial charge is 0.469 e. The number of rotatable bonds is 5. The summed E-state index contributed by atoms with van der Waals surface area (Å²) in [5.41, 5.74) is 0. The molecule has 1 amide bonds. The van der Waals surface area contributed by atoms with Crippen LogP contribution in [-0.2, 0) is 17.1 Å². The third-order valence-electron chi connectivity index (χ3n) is 2.60. The van der Waals surface area contributed by atoms with Crippen molar-refractivity contribution in [1.82, 2.24) is 4.98 Å². The molecule has 22 heavy (non-hydrogen) atoms. The van der Waals surface area contributed by atoms with E-state index in [9.17, 15) is 26.7 Å². The fourth-order valence-corrected chi connectivity index (χ4v) is 2.32. The molecule has 2 heterocycles. The normalized spacial score (nSPS) is 12.4. The summed E-state index contributed by atoms with van der Waals surface area (Å²) in [6.07, 6.45) is -3.62. The predicted molar refractivity (Wildman–Crippen MR) is 67.7 cm³/mol. The zero-order chi connectivity index (χ0) is 16.4. The highest BCUT2D eigenvalue weighted by Gasteiger charge is 2.60. The Bertz CT molecular complexity index is 636. The van der Waals surface area contributed by atoms with E-state index in [0.29, 0.717) is 12.0 Å². The zero-order valence-corrected chi connectivity index (χ0v) is 11.6. The van der Waals surface area contributed by atoms with Crippen LogP contribution in [0.25, 0.3) is 0 Å². The van der Waals surface area contributed by atoms with E-state index in [2.05, 4.69) is 10.3 Å². The molecule has 0 radical (unpaired) electrons. The Labute approximate surface area is 125 Å². The number of anilines is 1. The van der Waals surface area contributed by atoms with Gasteiger partial charge in [-0.15, -0.1) is 0 Å². The average molecular weight is 340 g/mol. The molecule has 0 aliphatic rings. The molecule has 0 aliphatic heterocycles. The molecular formula is C12H9F5N2O2S. The number of halogens is 5. The number of alkyl halides is 5. The molecule has 0 unspecified atom stereocenters. The van der Waals surface area contributed by atoms with Gasteiger partial charge in [-0.05, 0) is 12.1 Å². The van der Waals surface area contributed by atoms with Crippen molar-refractivity contribution in [3.05, 3.63) is 35.2 Å². The first-order chi connectivity index (χ1) is 10.2. The minimum Gasteiger partial charge on any atom is -0.469 e. The Hall–Kier alpha value is -1.97. The highest BCUT2D eigenvalue weighted by Crippen LogP contribution is 2.46. The summed E-state index contributed by atoms with van der Waals surface area (Å²) < 4.78 is 67.7. The van der Waals surface area contributed by atoms with Crippen molar-refractivity contribution in [2.24, 2.45) is 0 Å². The maximum atomic E-state index is 13.1. The van der Waals surface area contributed by atoms with Crippen LogP contribution in [0.4, 0.5) is 27.1 Å². The maximum Gasteiger partial charge on any atom is 0.459 e. The van der Waals surface area contributed by atoms with E-state index >= 15 is 0 Å². The molecule has 1 N–H and O–H groups in total. The summed E-state index contributed by atoms with van der Waals surface area (Å²) in [6, 6.07) is 3.29. The molecule has 0 bridgehead atoms. The van der Waals surface area contributed by atoms with Gasteiger partial charge in [-0.25, -0.2) is 4.98 Å². The Morgan fingerprint density at radius 1 is 1.32 bits per heavy atom. The van der Waals surface area contributed by atoms with E-state index in [-0.39, 0.29) is 29.3 Å². The minimum atomic E-state index is -5.71. The maximum absolute atomic E-state index is 13.1. The molecule has 2 aromatic heterocycles. The molecule has 0 saturated carbocycles. The van der Waals surface area contributed by atoms with E-state index in [4.69, 9.17) is 4.42 Å². The lowest BCUT2D eigenvalue weighted by molar-refractivity contribution is -0.287. The number of hydrogen-bond acceptors (Lipinski definition) is 4. The summed E-state index contributed by atoms with van der Waals surface area (Å²) in [6.45, 7) is 0. The topological polar surface area (TPSA) is 55.1 Å². The summed E-state index contributed by atoms with van der Waals surface area (Å²) >= 11 is 0.0819. The van der Waals surface area contributed by atoms with Crippen molar-refractivity contribution < 1.29 is 31.2 Å². The SMILES string of the molecule is O=C(CCc1ccco1)Nc1ncc(C(F)(F)C(F)(F)F)s1. The quantitative estimate of drug-likeness (QED) is 0.838. The molecule has 2 rings (SSSR count). The molecule has 0 saturated heterocycles. The number of carbonyl (C=O) groups excluding carboxylic acids is 1. The van der Waals surface area contributed by atoms with E-state index < -0.39 is 22.9 Å². The smallest absolute Gasteiger partial charge is 0.459 e. The van der Waals surface area contributed by atoms with Gasteiger partial charge in [-0.1, -0.05) is 11.3 Å². The van der Waals surface area contributed by atoms with Gasteiger partial charge >= 0.3 is 12.1 Å². The zero-order valence-electron chi connectivity index (χ0n) is 10.8. The van der Waals surface area contributed by atoms with E-state index in [1.807, 2.05) is 0 Å². The third-order valence-corrected chi connectivity index (χ3v) is 3.58. The number of aryl methyl sites for hydroxylation is 1. The van der Waals surface area contributed by atoms with Gasteiger partial charge in [0, 0.05) is 19.0 Å². The first kappa shape index (κ1) is 16.4. The van der Waals surface area contributed by atoms with Crippen LogP contribution in [-0.4, -0.2) is 17.1 Å². The second-order valence-corrected chi connectivity index (χ2v) is 5.26. The molecule has 0 atom stereocenters. The average Bonchev–Trinajstić information content (AvgIpc) is 3.06. The van der Waals surface area contributed by atoms with Gasteiger partial charge in [0.1, 0.15) is 10.6 Å². The van der Waals surface area contributed by atoms with Gasteiger partial charge in [0.25, 0.3) is 0 Å². The third kappa shape index (κ3) is 3.62. The standard InChI is InChI=1S/C12H9F5N2O2S/c13-11(14,12(15,16)17)8-6-18-10(22-8)19-9(20)4-3-7-2-1-5-21-7/h1-2,5-6H,3-4H2,(H,18,19,20). The number of amides is 1.